The first-order chi connectivity index (χ1) is 20.6. The second kappa shape index (κ2) is 11.5. The van der Waals surface area contributed by atoms with E-state index in [1.165, 1.54) is 16.6 Å². The SMILES string of the molecule is Cc1[nH]c2ccccc2c1[C@H]1[C@H](CC(=O)N(Cc2ccco2)C2(C(=O)Nc3ccc(N(C)C)cc3)CCSCC2)C1(C)C. The molecule has 3 heterocycles. The Hall–Kier alpha value is -3.65. The van der Waals surface area contributed by atoms with Gasteiger partial charge >= 0.3 is 0 Å². The lowest BCUT2D eigenvalue weighted by molar-refractivity contribution is -0.148. The molecule has 0 spiro atoms. The molecule has 226 valence electrons. The van der Waals surface area contributed by atoms with Gasteiger partial charge in [-0.3, -0.25) is 9.59 Å². The molecule has 0 bridgehead atoms. The molecule has 2 aromatic heterocycles. The molecule has 2 N–H and O–H groups in total. The van der Waals surface area contributed by atoms with Crippen LogP contribution >= 0.6 is 11.8 Å². The van der Waals surface area contributed by atoms with Crippen LogP contribution in [0.4, 0.5) is 11.4 Å². The number of aromatic nitrogens is 1. The average Bonchev–Trinajstić information content (AvgIpc) is 3.36. The summed E-state index contributed by atoms with van der Waals surface area (Å²) in [5.41, 5.74) is 4.42. The van der Waals surface area contributed by atoms with Gasteiger partial charge < -0.3 is 24.5 Å². The number of para-hydroxylation sites is 1. The number of furan rings is 1. The number of nitrogens with one attached hydrogen (secondary N) is 2. The Morgan fingerprint density at radius 3 is 2.42 bits per heavy atom. The maximum atomic E-state index is 14.5. The van der Waals surface area contributed by atoms with Gasteiger partial charge in [0.2, 0.25) is 11.8 Å². The van der Waals surface area contributed by atoms with Crippen molar-refractivity contribution in [3.8, 4) is 0 Å². The van der Waals surface area contributed by atoms with Crippen molar-refractivity contribution in [1.82, 2.24) is 9.88 Å². The lowest BCUT2D eigenvalue weighted by Gasteiger charge is -2.44. The molecule has 43 heavy (non-hydrogen) atoms. The van der Waals surface area contributed by atoms with Gasteiger partial charge in [0.15, 0.2) is 0 Å². The highest BCUT2D eigenvalue weighted by Crippen LogP contribution is 2.67. The number of fused-ring (bicyclic) bond motifs is 1. The van der Waals surface area contributed by atoms with Gasteiger partial charge in [-0.1, -0.05) is 32.0 Å². The second-order valence-corrected chi connectivity index (χ2v) is 14.1. The summed E-state index contributed by atoms with van der Waals surface area (Å²) < 4.78 is 5.75. The van der Waals surface area contributed by atoms with Gasteiger partial charge in [-0.25, -0.2) is 0 Å². The van der Waals surface area contributed by atoms with Crippen LogP contribution < -0.4 is 10.2 Å². The number of hydrogen-bond donors (Lipinski definition) is 2. The first-order valence-electron chi connectivity index (χ1n) is 15.2. The van der Waals surface area contributed by atoms with E-state index >= 15 is 0 Å². The summed E-state index contributed by atoms with van der Waals surface area (Å²) in [6.07, 6.45) is 3.22. The van der Waals surface area contributed by atoms with E-state index in [4.69, 9.17) is 4.42 Å². The van der Waals surface area contributed by atoms with Gasteiger partial charge in [-0.05, 0) is 96.5 Å². The normalized spacial score (nSPS) is 20.5. The summed E-state index contributed by atoms with van der Waals surface area (Å²) in [7, 11) is 3.98. The Balaban J connectivity index is 1.30. The van der Waals surface area contributed by atoms with Crippen molar-refractivity contribution in [2.45, 2.75) is 58.0 Å². The van der Waals surface area contributed by atoms with Crippen molar-refractivity contribution in [1.29, 1.82) is 0 Å². The van der Waals surface area contributed by atoms with Gasteiger partial charge in [0.25, 0.3) is 0 Å². The fraction of sp³-hybridized carbons (Fsp3) is 0.429. The van der Waals surface area contributed by atoms with Crippen LogP contribution in [0, 0.1) is 18.3 Å². The predicted octanol–water partition coefficient (Wildman–Crippen LogP) is 7.20. The number of aromatic amines is 1. The number of carbonyl (C=O) groups is 2. The fourth-order valence-corrected chi connectivity index (χ4v) is 8.32. The van der Waals surface area contributed by atoms with Gasteiger partial charge in [-0.15, -0.1) is 0 Å². The molecule has 4 aromatic rings. The quantitative estimate of drug-likeness (QED) is 0.213. The van der Waals surface area contributed by atoms with Crippen LogP contribution in [0.15, 0.2) is 71.3 Å². The summed E-state index contributed by atoms with van der Waals surface area (Å²) in [5.74, 6) is 2.66. The zero-order valence-electron chi connectivity index (χ0n) is 25.8. The molecule has 8 heteroatoms. The molecule has 1 saturated heterocycles. The summed E-state index contributed by atoms with van der Waals surface area (Å²) >= 11 is 1.84. The van der Waals surface area contributed by atoms with Crippen molar-refractivity contribution in [2.75, 3.05) is 35.8 Å². The first-order valence-corrected chi connectivity index (χ1v) is 16.3. The number of benzene rings is 2. The summed E-state index contributed by atoms with van der Waals surface area (Å²) in [4.78, 5) is 36.3. The number of rotatable bonds is 9. The number of carbonyl (C=O) groups excluding carboxylic acids is 2. The minimum atomic E-state index is -0.958. The molecule has 2 amide bonds. The molecule has 0 radical (unpaired) electrons. The molecular weight excluding hydrogens is 556 g/mol. The van der Waals surface area contributed by atoms with Crippen LogP contribution in [-0.2, 0) is 16.1 Å². The number of hydrogen-bond acceptors (Lipinski definition) is 5. The van der Waals surface area contributed by atoms with Gasteiger partial charge in [0.1, 0.15) is 11.3 Å². The predicted molar refractivity (Wildman–Crippen MR) is 176 cm³/mol. The molecule has 6 rings (SSSR count). The average molecular weight is 599 g/mol. The number of nitrogens with zero attached hydrogens (tertiary/aromatic N) is 2. The standard InChI is InChI=1S/C35H42N4O3S/c1-23-31(27-10-6-7-11-29(27)36-23)32-28(34(32,2)3)21-30(40)39(22-26-9-8-18-42-26)35(16-19-43-20-17-35)33(41)37-24-12-14-25(15-13-24)38(4)5/h6-15,18,28,32,36H,16-17,19-22H2,1-5H3,(H,37,41)/t28-,32+/m0/s1. The van der Waals surface area contributed by atoms with Crippen LogP contribution in [-0.4, -0.2) is 52.8 Å². The largest absolute Gasteiger partial charge is 0.467 e. The van der Waals surface area contributed by atoms with E-state index in [-0.39, 0.29) is 35.6 Å². The third-order valence-electron chi connectivity index (χ3n) is 9.80. The number of H-pyrrole nitrogens is 1. The zero-order valence-corrected chi connectivity index (χ0v) is 26.6. The second-order valence-electron chi connectivity index (χ2n) is 12.9. The smallest absolute Gasteiger partial charge is 0.250 e. The highest BCUT2D eigenvalue weighted by Gasteiger charge is 2.60. The van der Waals surface area contributed by atoms with E-state index in [0.29, 0.717) is 25.0 Å². The van der Waals surface area contributed by atoms with Crippen molar-refractivity contribution in [2.24, 2.45) is 11.3 Å². The molecule has 2 aliphatic rings. The topological polar surface area (TPSA) is 81.6 Å². The lowest BCUT2D eigenvalue weighted by Crippen LogP contribution is -2.60. The van der Waals surface area contributed by atoms with Crippen LogP contribution in [0.5, 0.6) is 0 Å². The minimum Gasteiger partial charge on any atom is -0.467 e. The summed E-state index contributed by atoms with van der Waals surface area (Å²) in [6, 6.07) is 20.0. The van der Waals surface area contributed by atoms with Gasteiger partial charge in [0, 0.05) is 48.5 Å². The van der Waals surface area contributed by atoms with Crippen molar-refractivity contribution < 1.29 is 14.0 Å². The first kappa shape index (κ1) is 29.4. The molecule has 2 aromatic carbocycles. The van der Waals surface area contributed by atoms with Crippen LogP contribution in [0.2, 0.25) is 0 Å². The number of aryl methyl sites for hydroxylation is 1. The van der Waals surface area contributed by atoms with Crippen LogP contribution in [0.1, 0.15) is 56.0 Å². The summed E-state index contributed by atoms with van der Waals surface area (Å²) in [5, 5.41) is 4.42. The molecular formula is C35H42N4O3S. The maximum Gasteiger partial charge on any atom is 0.250 e. The van der Waals surface area contributed by atoms with Crippen LogP contribution in [0.3, 0.4) is 0 Å². The van der Waals surface area contributed by atoms with Gasteiger partial charge in [0.05, 0.1) is 12.8 Å². The molecule has 1 aliphatic heterocycles. The number of anilines is 2. The van der Waals surface area contributed by atoms with E-state index in [9.17, 15) is 9.59 Å². The Bertz CT molecular complexity index is 1600. The molecule has 2 atom stereocenters. The minimum absolute atomic E-state index is 0.0134. The molecule has 1 saturated carbocycles. The van der Waals surface area contributed by atoms with Crippen molar-refractivity contribution in [3.05, 3.63) is 83.9 Å². The van der Waals surface area contributed by atoms with E-state index in [2.05, 4.69) is 55.3 Å². The lowest BCUT2D eigenvalue weighted by atomic mass is 9.87. The number of amides is 2. The highest BCUT2D eigenvalue weighted by molar-refractivity contribution is 7.99. The Kier molecular flexibility index (Phi) is 7.84. The third kappa shape index (κ3) is 5.46. The Morgan fingerprint density at radius 1 is 1.02 bits per heavy atom. The van der Waals surface area contributed by atoms with Gasteiger partial charge in [-0.2, -0.15) is 11.8 Å². The Labute approximate surface area is 258 Å². The molecule has 0 unspecified atom stereocenters. The van der Waals surface area contributed by atoms with Crippen molar-refractivity contribution >= 4 is 45.9 Å². The highest BCUT2D eigenvalue weighted by atomic mass is 32.2. The monoisotopic (exact) mass is 598 g/mol. The third-order valence-corrected chi connectivity index (χ3v) is 10.8. The zero-order chi connectivity index (χ0) is 30.4. The molecule has 1 aliphatic carbocycles. The van der Waals surface area contributed by atoms with Crippen molar-refractivity contribution in [3.63, 3.8) is 0 Å². The van der Waals surface area contributed by atoms with E-state index in [0.717, 1.165) is 28.4 Å². The van der Waals surface area contributed by atoms with Crippen LogP contribution in [0.25, 0.3) is 10.9 Å². The molecule has 2 fully saturated rings. The number of thioether (sulfide) groups is 1. The van der Waals surface area contributed by atoms with E-state index in [1.54, 1.807) is 6.26 Å². The molecule has 7 nitrogen and oxygen atoms in total. The van der Waals surface area contributed by atoms with E-state index in [1.807, 2.05) is 72.1 Å². The Morgan fingerprint density at radius 2 is 1.74 bits per heavy atom. The fourth-order valence-electron chi connectivity index (χ4n) is 7.15. The maximum absolute atomic E-state index is 14.5. The summed E-state index contributed by atoms with van der Waals surface area (Å²) in [6.45, 7) is 6.94. The van der Waals surface area contributed by atoms with E-state index < -0.39 is 5.54 Å².